The lowest BCUT2D eigenvalue weighted by Gasteiger charge is -2.38. The van der Waals surface area contributed by atoms with E-state index in [0.717, 1.165) is 6.61 Å². The molecule has 0 aromatic heterocycles. The lowest BCUT2D eigenvalue weighted by molar-refractivity contribution is -0.0834. The summed E-state index contributed by atoms with van der Waals surface area (Å²) in [5, 5.41) is 3.78. The summed E-state index contributed by atoms with van der Waals surface area (Å²) >= 11 is 0. The summed E-state index contributed by atoms with van der Waals surface area (Å²) in [6.07, 6.45) is 15.6. The second-order valence-corrected chi connectivity index (χ2v) is 6.39. The van der Waals surface area contributed by atoms with Crippen molar-refractivity contribution < 1.29 is 4.74 Å². The van der Waals surface area contributed by atoms with E-state index in [1.165, 1.54) is 70.8 Å². The average molecular weight is 249 g/mol. The molecule has 1 atom stereocenters. The standard InChI is InChI=1S/C16H27NO/c1-2-6-14(5-1)7-11-17-15-8-12-18-16(13-15)9-3-4-10-16/h5,15,17H,1-4,6-13H2. The highest BCUT2D eigenvalue weighted by atomic mass is 16.5. The van der Waals surface area contributed by atoms with Crippen molar-refractivity contribution in [3.63, 3.8) is 0 Å². The normalized spacial score (nSPS) is 30.9. The van der Waals surface area contributed by atoms with Crippen molar-refractivity contribution in [1.29, 1.82) is 0 Å². The summed E-state index contributed by atoms with van der Waals surface area (Å²) in [5.41, 5.74) is 1.95. The number of ether oxygens (including phenoxy) is 1. The van der Waals surface area contributed by atoms with Crippen LogP contribution in [-0.2, 0) is 4.74 Å². The first kappa shape index (κ1) is 12.7. The van der Waals surface area contributed by atoms with Crippen LogP contribution in [0.25, 0.3) is 0 Å². The first-order chi connectivity index (χ1) is 8.86. The van der Waals surface area contributed by atoms with E-state index in [9.17, 15) is 0 Å². The van der Waals surface area contributed by atoms with Crippen molar-refractivity contribution in [2.45, 2.75) is 75.9 Å². The van der Waals surface area contributed by atoms with Gasteiger partial charge in [-0.3, -0.25) is 0 Å². The Bertz CT molecular complexity index is 304. The van der Waals surface area contributed by atoms with Gasteiger partial charge in [0.1, 0.15) is 0 Å². The molecule has 0 amide bonds. The molecule has 0 bridgehead atoms. The second-order valence-electron chi connectivity index (χ2n) is 6.39. The maximum Gasteiger partial charge on any atom is 0.0697 e. The molecule has 0 aromatic carbocycles. The van der Waals surface area contributed by atoms with Gasteiger partial charge in [-0.25, -0.2) is 0 Å². The Balaban J connectivity index is 1.42. The fourth-order valence-corrected chi connectivity index (χ4v) is 3.97. The van der Waals surface area contributed by atoms with Crippen LogP contribution >= 0.6 is 0 Å². The van der Waals surface area contributed by atoms with Crippen molar-refractivity contribution in [2.24, 2.45) is 0 Å². The van der Waals surface area contributed by atoms with Crippen LogP contribution < -0.4 is 5.32 Å². The maximum absolute atomic E-state index is 6.09. The molecule has 1 unspecified atom stereocenters. The summed E-state index contributed by atoms with van der Waals surface area (Å²) in [7, 11) is 0. The molecule has 1 aliphatic heterocycles. The van der Waals surface area contributed by atoms with Gasteiger partial charge < -0.3 is 10.1 Å². The van der Waals surface area contributed by atoms with Gasteiger partial charge in [0.2, 0.25) is 0 Å². The van der Waals surface area contributed by atoms with E-state index < -0.39 is 0 Å². The zero-order valence-electron chi connectivity index (χ0n) is 11.5. The van der Waals surface area contributed by atoms with Crippen molar-refractivity contribution in [3.8, 4) is 0 Å². The number of hydrogen-bond acceptors (Lipinski definition) is 2. The molecule has 102 valence electrons. The van der Waals surface area contributed by atoms with Crippen LogP contribution in [0.1, 0.15) is 64.2 Å². The Kier molecular flexibility index (Phi) is 4.05. The SMILES string of the molecule is C1=C(CCNC2CCOC3(CCCC3)C2)CCC1. The quantitative estimate of drug-likeness (QED) is 0.769. The third-order valence-corrected chi connectivity index (χ3v) is 5.02. The van der Waals surface area contributed by atoms with Crippen LogP contribution in [0.3, 0.4) is 0 Å². The fourth-order valence-electron chi connectivity index (χ4n) is 3.97. The number of rotatable bonds is 4. The van der Waals surface area contributed by atoms with Gasteiger partial charge in [0, 0.05) is 12.6 Å². The number of nitrogens with one attached hydrogen (secondary N) is 1. The van der Waals surface area contributed by atoms with Crippen molar-refractivity contribution in [2.75, 3.05) is 13.2 Å². The van der Waals surface area contributed by atoms with Crippen LogP contribution in [0.5, 0.6) is 0 Å². The van der Waals surface area contributed by atoms with E-state index in [1.807, 2.05) is 0 Å². The van der Waals surface area contributed by atoms with Crippen LogP contribution in [0, 0.1) is 0 Å². The zero-order valence-corrected chi connectivity index (χ0v) is 11.5. The molecule has 1 saturated carbocycles. The molecule has 1 spiro atoms. The average Bonchev–Trinajstić information content (AvgIpc) is 3.02. The lowest BCUT2D eigenvalue weighted by atomic mass is 9.89. The highest BCUT2D eigenvalue weighted by Crippen LogP contribution is 2.39. The van der Waals surface area contributed by atoms with Crippen LogP contribution in [0.15, 0.2) is 11.6 Å². The molecule has 0 aromatic rings. The molecule has 2 fully saturated rings. The van der Waals surface area contributed by atoms with Crippen LogP contribution in [0.4, 0.5) is 0 Å². The Morgan fingerprint density at radius 3 is 2.94 bits per heavy atom. The molecule has 3 rings (SSSR count). The molecule has 0 radical (unpaired) electrons. The molecule has 2 aliphatic carbocycles. The molecule has 2 heteroatoms. The van der Waals surface area contributed by atoms with Crippen LogP contribution in [0.2, 0.25) is 0 Å². The molecular weight excluding hydrogens is 222 g/mol. The third kappa shape index (κ3) is 2.97. The van der Waals surface area contributed by atoms with E-state index in [2.05, 4.69) is 11.4 Å². The van der Waals surface area contributed by atoms with E-state index in [1.54, 1.807) is 5.57 Å². The summed E-state index contributed by atoms with van der Waals surface area (Å²) in [6.45, 7) is 2.15. The summed E-state index contributed by atoms with van der Waals surface area (Å²) in [6, 6.07) is 0.707. The molecule has 1 N–H and O–H groups in total. The van der Waals surface area contributed by atoms with E-state index >= 15 is 0 Å². The van der Waals surface area contributed by atoms with Gasteiger partial charge in [0.15, 0.2) is 0 Å². The summed E-state index contributed by atoms with van der Waals surface area (Å²) in [5.74, 6) is 0. The van der Waals surface area contributed by atoms with Gasteiger partial charge in [0.05, 0.1) is 5.60 Å². The largest absolute Gasteiger partial charge is 0.375 e. The maximum atomic E-state index is 6.09. The number of hydrogen-bond donors (Lipinski definition) is 1. The minimum Gasteiger partial charge on any atom is -0.375 e. The van der Waals surface area contributed by atoms with E-state index in [-0.39, 0.29) is 5.60 Å². The predicted octanol–water partition coefficient (Wildman–Crippen LogP) is 3.57. The van der Waals surface area contributed by atoms with Gasteiger partial charge in [0.25, 0.3) is 0 Å². The topological polar surface area (TPSA) is 21.3 Å². The predicted molar refractivity (Wildman–Crippen MR) is 74.7 cm³/mol. The Labute approximate surface area is 111 Å². The second kappa shape index (κ2) is 5.75. The Morgan fingerprint density at radius 2 is 2.17 bits per heavy atom. The lowest BCUT2D eigenvalue weighted by Crippen LogP contribution is -2.45. The first-order valence-electron chi connectivity index (χ1n) is 7.92. The van der Waals surface area contributed by atoms with Gasteiger partial charge in [-0.15, -0.1) is 0 Å². The summed E-state index contributed by atoms with van der Waals surface area (Å²) < 4.78 is 6.09. The number of allylic oxidation sites excluding steroid dienone is 1. The van der Waals surface area contributed by atoms with E-state index in [4.69, 9.17) is 4.74 Å². The smallest absolute Gasteiger partial charge is 0.0697 e. The van der Waals surface area contributed by atoms with Gasteiger partial charge in [-0.1, -0.05) is 24.5 Å². The Hall–Kier alpha value is -0.340. The Morgan fingerprint density at radius 1 is 1.28 bits per heavy atom. The highest BCUT2D eigenvalue weighted by Gasteiger charge is 2.39. The third-order valence-electron chi connectivity index (χ3n) is 5.02. The van der Waals surface area contributed by atoms with Gasteiger partial charge in [-0.05, 0) is 57.9 Å². The van der Waals surface area contributed by atoms with Crippen molar-refractivity contribution in [3.05, 3.63) is 11.6 Å². The molecule has 1 saturated heterocycles. The van der Waals surface area contributed by atoms with Crippen molar-refractivity contribution >= 4 is 0 Å². The first-order valence-corrected chi connectivity index (χ1v) is 7.92. The zero-order chi connectivity index (χ0) is 12.3. The fraction of sp³-hybridized carbons (Fsp3) is 0.875. The monoisotopic (exact) mass is 249 g/mol. The van der Waals surface area contributed by atoms with Gasteiger partial charge >= 0.3 is 0 Å². The van der Waals surface area contributed by atoms with Gasteiger partial charge in [-0.2, -0.15) is 0 Å². The van der Waals surface area contributed by atoms with E-state index in [0.29, 0.717) is 6.04 Å². The molecular formula is C16H27NO. The highest BCUT2D eigenvalue weighted by molar-refractivity contribution is 5.07. The summed E-state index contributed by atoms with van der Waals surface area (Å²) in [4.78, 5) is 0. The molecule has 1 heterocycles. The molecule has 2 nitrogen and oxygen atoms in total. The van der Waals surface area contributed by atoms with Crippen LogP contribution in [-0.4, -0.2) is 24.8 Å². The minimum atomic E-state index is 0.266. The molecule has 3 aliphatic rings. The van der Waals surface area contributed by atoms with Crippen molar-refractivity contribution in [1.82, 2.24) is 5.32 Å². The minimum absolute atomic E-state index is 0.266. The molecule has 18 heavy (non-hydrogen) atoms.